The van der Waals surface area contributed by atoms with Crippen LogP contribution >= 0.6 is 11.8 Å². The quantitative estimate of drug-likeness (QED) is 0.591. The molecule has 1 heteroatoms. The monoisotopic (exact) mass is 324 g/mol. The van der Waals surface area contributed by atoms with E-state index in [2.05, 4.69) is 93.2 Å². The maximum absolute atomic E-state index is 2.40. The molecule has 0 aliphatic heterocycles. The van der Waals surface area contributed by atoms with Crippen LogP contribution in [0.2, 0.25) is 0 Å². The van der Waals surface area contributed by atoms with Crippen molar-refractivity contribution < 1.29 is 0 Å². The zero-order valence-corrected chi connectivity index (χ0v) is 15.4. The average molecular weight is 325 g/mol. The number of thioether (sulfide) groups is 1. The summed E-state index contributed by atoms with van der Waals surface area (Å²) in [4.78, 5) is 1.39. The summed E-state index contributed by atoms with van der Waals surface area (Å²) in [6.07, 6.45) is 5.22. The van der Waals surface area contributed by atoms with E-state index in [1.807, 2.05) is 0 Å². The molecule has 1 fully saturated rings. The molecule has 0 N–H and O–H groups in total. The molecule has 1 saturated carbocycles. The molecule has 0 unspecified atom stereocenters. The van der Waals surface area contributed by atoms with E-state index in [1.165, 1.54) is 36.1 Å². The Morgan fingerprint density at radius 2 is 1.35 bits per heavy atom. The Bertz CT molecular complexity index is 601. The second-order valence-corrected chi connectivity index (χ2v) is 9.37. The summed E-state index contributed by atoms with van der Waals surface area (Å²) in [5.41, 5.74) is 1.93. The summed E-state index contributed by atoms with van der Waals surface area (Å²) in [6, 6.07) is 22.1. The molecule has 0 radical (unpaired) electrons. The van der Waals surface area contributed by atoms with Gasteiger partial charge in [-0.05, 0) is 54.7 Å². The molecule has 0 atom stereocenters. The van der Waals surface area contributed by atoms with E-state index in [0.717, 1.165) is 5.92 Å². The first-order valence-corrected chi connectivity index (χ1v) is 9.61. The average Bonchev–Trinajstić information content (AvgIpc) is 2.56. The van der Waals surface area contributed by atoms with Crippen molar-refractivity contribution in [2.24, 2.45) is 11.3 Å². The molecule has 1 aliphatic carbocycles. The van der Waals surface area contributed by atoms with Crippen LogP contribution in [0.3, 0.4) is 0 Å². The van der Waals surface area contributed by atoms with Crippen molar-refractivity contribution in [3.8, 4) is 0 Å². The molecular formula is C22H28S. The standard InChI is InChI=1S/C22H28S/c1-21(2,3)18-14-16-22(17-15-18,19-10-6-4-7-11-19)23-20-12-8-5-9-13-20/h4-13,18H,14-17H2,1-3H3. The van der Waals surface area contributed by atoms with Gasteiger partial charge in [-0.1, -0.05) is 69.3 Å². The lowest BCUT2D eigenvalue weighted by Crippen LogP contribution is -2.33. The van der Waals surface area contributed by atoms with Gasteiger partial charge in [0.2, 0.25) is 0 Å². The zero-order chi connectivity index (χ0) is 16.3. The van der Waals surface area contributed by atoms with Crippen molar-refractivity contribution in [2.75, 3.05) is 0 Å². The van der Waals surface area contributed by atoms with E-state index in [-0.39, 0.29) is 4.75 Å². The van der Waals surface area contributed by atoms with Crippen molar-refractivity contribution in [1.82, 2.24) is 0 Å². The maximum atomic E-state index is 2.40. The van der Waals surface area contributed by atoms with Crippen molar-refractivity contribution in [2.45, 2.75) is 56.1 Å². The summed E-state index contributed by atoms with van der Waals surface area (Å²) in [7, 11) is 0. The zero-order valence-electron chi connectivity index (χ0n) is 14.6. The molecular weight excluding hydrogens is 296 g/mol. The highest BCUT2D eigenvalue weighted by Gasteiger charge is 2.40. The molecule has 0 saturated heterocycles. The number of benzene rings is 2. The van der Waals surface area contributed by atoms with E-state index < -0.39 is 0 Å². The minimum atomic E-state index is 0.240. The van der Waals surface area contributed by atoms with E-state index in [4.69, 9.17) is 0 Å². The van der Waals surface area contributed by atoms with E-state index in [9.17, 15) is 0 Å². The van der Waals surface area contributed by atoms with Crippen LogP contribution < -0.4 is 0 Å². The smallest absolute Gasteiger partial charge is 0.0455 e. The van der Waals surface area contributed by atoms with E-state index in [0.29, 0.717) is 5.41 Å². The molecule has 23 heavy (non-hydrogen) atoms. The SMILES string of the molecule is CC(C)(C)C1CCC(Sc2ccccc2)(c2ccccc2)CC1. The van der Waals surface area contributed by atoms with Crippen molar-refractivity contribution in [1.29, 1.82) is 0 Å². The fourth-order valence-corrected chi connectivity index (χ4v) is 5.29. The van der Waals surface area contributed by atoms with Gasteiger partial charge in [0.25, 0.3) is 0 Å². The first-order valence-electron chi connectivity index (χ1n) is 8.79. The lowest BCUT2D eigenvalue weighted by Gasteiger charge is -2.44. The highest BCUT2D eigenvalue weighted by molar-refractivity contribution is 8.00. The van der Waals surface area contributed by atoms with Gasteiger partial charge in [-0.2, -0.15) is 0 Å². The molecule has 0 aromatic heterocycles. The largest absolute Gasteiger partial charge is 0.115 e. The molecule has 0 amide bonds. The van der Waals surface area contributed by atoms with Crippen LogP contribution in [0.5, 0.6) is 0 Å². The molecule has 0 nitrogen and oxygen atoms in total. The summed E-state index contributed by atoms with van der Waals surface area (Å²) in [5, 5.41) is 0. The summed E-state index contributed by atoms with van der Waals surface area (Å²) in [6.45, 7) is 7.20. The van der Waals surface area contributed by atoms with Gasteiger partial charge in [0.1, 0.15) is 0 Å². The molecule has 2 aromatic rings. The van der Waals surface area contributed by atoms with Gasteiger partial charge in [0.15, 0.2) is 0 Å². The Kier molecular flexibility index (Phi) is 4.87. The third-order valence-corrected chi connectivity index (χ3v) is 6.92. The van der Waals surface area contributed by atoms with Crippen LogP contribution in [-0.2, 0) is 4.75 Å². The predicted molar refractivity (Wildman–Crippen MR) is 102 cm³/mol. The van der Waals surface area contributed by atoms with Crippen LogP contribution in [0.15, 0.2) is 65.6 Å². The van der Waals surface area contributed by atoms with Gasteiger partial charge in [-0.3, -0.25) is 0 Å². The van der Waals surface area contributed by atoms with Gasteiger partial charge >= 0.3 is 0 Å². The Labute approximate surface area is 145 Å². The molecule has 0 spiro atoms. The third kappa shape index (κ3) is 3.83. The fourth-order valence-electron chi connectivity index (χ4n) is 3.86. The topological polar surface area (TPSA) is 0 Å². The lowest BCUT2D eigenvalue weighted by molar-refractivity contribution is 0.161. The van der Waals surface area contributed by atoms with Crippen LogP contribution in [0.25, 0.3) is 0 Å². The minimum absolute atomic E-state index is 0.240. The highest BCUT2D eigenvalue weighted by Crippen LogP contribution is 2.54. The van der Waals surface area contributed by atoms with Gasteiger partial charge < -0.3 is 0 Å². The second-order valence-electron chi connectivity index (χ2n) is 7.92. The van der Waals surface area contributed by atoms with E-state index >= 15 is 0 Å². The van der Waals surface area contributed by atoms with Crippen molar-refractivity contribution in [3.63, 3.8) is 0 Å². The molecule has 122 valence electrons. The maximum Gasteiger partial charge on any atom is 0.0455 e. The molecule has 2 aromatic carbocycles. The van der Waals surface area contributed by atoms with Crippen LogP contribution in [0.1, 0.15) is 52.0 Å². The van der Waals surface area contributed by atoms with Crippen molar-refractivity contribution in [3.05, 3.63) is 66.2 Å². The van der Waals surface area contributed by atoms with E-state index in [1.54, 1.807) is 0 Å². The normalized spacial score (nSPS) is 25.3. The first kappa shape index (κ1) is 16.6. The number of hydrogen-bond donors (Lipinski definition) is 0. The lowest BCUT2D eigenvalue weighted by atomic mass is 9.68. The Morgan fingerprint density at radius 3 is 1.87 bits per heavy atom. The van der Waals surface area contributed by atoms with Gasteiger partial charge in [0, 0.05) is 9.64 Å². The molecule has 3 rings (SSSR count). The molecule has 0 heterocycles. The van der Waals surface area contributed by atoms with Gasteiger partial charge in [-0.25, -0.2) is 0 Å². The number of rotatable bonds is 3. The summed E-state index contributed by atoms with van der Waals surface area (Å²) in [5.74, 6) is 0.843. The Balaban J connectivity index is 1.87. The van der Waals surface area contributed by atoms with Crippen LogP contribution in [0, 0.1) is 11.3 Å². The molecule has 0 bridgehead atoms. The van der Waals surface area contributed by atoms with Crippen molar-refractivity contribution >= 4 is 11.8 Å². The fraction of sp³-hybridized carbons (Fsp3) is 0.455. The third-order valence-electron chi connectivity index (χ3n) is 5.37. The molecule has 1 aliphatic rings. The van der Waals surface area contributed by atoms with Gasteiger partial charge in [-0.15, -0.1) is 11.8 Å². The minimum Gasteiger partial charge on any atom is -0.115 e. The second kappa shape index (κ2) is 6.73. The predicted octanol–water partition coefficient (Wildman–Crippen LogP) is 6.91. The summed E-state index contributed by atoms with van der Waals surface area (Å²) < 4.78 is 0.240. The Morgan fingerprint density at radius 1 is 0.826 bits per heavy atom. The van der Waals surface area contributed by atoms with Gasteiger partial charge in [0.05, 0.1) is 0 Å². The highest BCUT2D eigenvalue weighted by atomic mass is 32.2. The van der Waals surface area contributed by atoms with Crippen LogP contribution in [-0.4, -0.2) is 0 Å². The first-order chi connectivity index (χ1) is 11.0. The number of hydrogen-bond acceptors (Lipinski definition) is 1. The van der Waals surface area contributed by atoms with Crippen LogP contribution in [0.4, 0.5) is 0 Å². The Hall–Kier alpha value is -1.21. The summed E-state index contributed by atoms with van der Waals surface area (Å²) >= 11 is 2.08.